The highest BCUT2D eigenvalue weighted by Crippen LogP contribution is 2.17. The van der Waals surface area contributed by atoms with Gasteiger partial charge in [-0.2, -0.15) is 0 Å². The van der Waals surface area contributed by atoms with Gasteiger partial charge < -0.3 is 20.4 Å². The second-order valence-corrected chi connectivity index (χ2v) is 6.27. The quantitative estimate of drug-likeness (QED) is 0.787. The monoisotopic (exact) mass is 392 g/mol. The molecule has 148 valence electrons. The smallest absolute Gasteiger partial charge is 0.317 e. The van der Waals surface area contributed by atoms with Crippen molar-refractivity contribution >= 4 is 23.3 Å². The molecule has 1 heterocycles. The number of piperazine rings is 1. The summed E-state index contributed by atoms with van der Waals surface area (Å²) < 4.78 is 39.2. The van der Waals surface area contributed by atoms with Crippen LogP contribution >= 0.6 is 0 Å². The zero-order valence-corrected chi connectivity index (χ0v) is 14.9. The summed E-state index contributed by atoms with van der Waals surface area (Å²) in [6.07, 6.45) is 0. The molecule has 3 rings (SSSR count). The van der Waals surface area contributed by atoms with Crippen molar-refractivity contribution in [1.29, 1.82) is 0 Å². The fraction of sp³-hybridized carbons (Fsp3) is 0.263. The number of urea groups is 1. The number of para-hydroxylation sites is 1. The molecular formula is C19H19F3N4O2. The first-order valence-corrected chi connectivity index (χ1v) is 8.71. The molecule has 28 heavy (non-hydrogen) atoms. The number of benzene rings is 2. The van der Waals surface area contributed by atoms with Crippen LogP contribution in [0.1, 0.15) is 0 Å². The lowest BCUT2D eigenvalue weighted by Crippen LogP contribution is -2.52. The molecular weight excluding hydrogens is 373 g/mol. The Balaban J connectivity index is 1.45. The average molecular weight is 392 g/mol. The summed E-state index contributed by atoms with van der Waals surface area (Å²) in [7, 11) is 0. The van der Waals surface area contributed by atoms with Crippen molar-refractivity contribution < 1.29 is 22.8 Å². The van der Waals surface area contributed by atoms with Crippen molar-refractivity contribution in [3.63, 3.8) is 0 Å². The van der Waals surface area contributed by atoms with Gasteiger partial charge in [-0.25, -0.2) is 18.0 Å². The van der Waals surface area contributed by atoms with E-state index in [1.165, 1.54) is 0 Å². The van der Waals surface area contributed by atoms with Crippen molar-refractivity contribution in [2.24, 2.45) is 0 Å². The zero-order chi connectivity index (χ0) is 20.1. The van der Waals surface area contributed by atoms with Gasteiger partial charge in [-0.15, -0.1) is 0 Å². The number of anilines is 2. The molecule has 1 aliphatic heterocycles. The number of rotatable bonds is 4. The van der Waals surface area contributed by atoms with E-state index in [2.05, 4.69) is 15.5 Å². The number of nitrogens with zero attached hydrogens (tertiary/aromatic N) is 2. The molecule has 0 atom stereocenters. The van der Waals surface area contributed by atoms with Gasteiger partial charge in [0.15, 0.2) is 17.5 Å². The Morgan fingerprint density at radius 2 is 1.54 bits per heavy atom. The minimum absolute atomic E-state index is 0.230. The van der Waals surface area contributed by atoms with Crippen LogP contribution in [0.4, 0.5) is 29.3 Å². The maximum Gasteiger partial charge on any atom is 0.317 e. The third kappa shape index (κ3) is 4.73. The van der Waals surface area contributed by atoms with Crippen molar-refractivity contribution in [2.75, 3.05) is 42.9 Å². The van der Waals surface area contributed by atoms with Crippen LogP contribution in [0.25, 0.3) is 0 Å². The normalized spacial score (nSPS) is 14.0. The summed E-state index contributed by atoms with van der Waals surface area (Å²) in [6, 6.07) is 10.8. The molecule has 1 fully saturated rings. The molecule has 0 bridgehead atoms. The Labute approximate surface area is 159 Å². The van der Waals surface area contributed by atoms with Gasteiger partial charge in [-0.1, -0.05) is 18.2 Å². The molecule has 1 aliphatic rings. The highest BCUT2D eigenvalue weighted by Gasteiger charge is 2.21. The van der Waals surface area contributed by atoms with Crippen LogP contribution in [-0.4, -0.2) is 49.6 Å². The first-order chi connectivity index (χ1) is 13.4. The van der Waals surface area contributed by atoms with Crippen LogP contribution < -0.4 is 15.5 Å². The Hall–Kier alpha value is -3.23. The summed E-state index contributed by atoms with van der Waals surface area (Å²) in [5.74, 6) is -5.10. The van der Waals surface area contributed by atoms with Crippen LogP contribution in [0.5, 0.6) is 0 Å². The van der Waals surface area contributed by atoms with E-state index in [0.717, 1.165) is 5.69 Å². The minimum Gasteiger partial charge on any atom is -0.368 e. The minimum atomic E-state index is -1.61. The Bertz CT molecular complexity index is 833. The summed E-state index contributed by atoms with van der Waals surface area (Å²) in [5.41, 5.74) is 0.854. The maximum atomic E-state index is 13.2. The van der Waals surface area contributed by atoms with Crippen LogP contribution in [0.2, 0.25) is 0 Å². The average Bonchev–Trinajstić information content (AvgIpc) is 2.71. The van der Waals surface area contributed by atoms with Crippen molar-refractivity contribution in [3.05, 3.63) is 59.9 Å². The lowest BCUT2D eigenvalue weighted by molar-refractivity contribution is -0.115. The molecule has 1 saturated heterocycles. The molecule has 0 aromatic heterocycles. The third-order valence-corrected chi connectivity index (χ3v) is 4.36. The van der Waals surface area contributed by atoms with Gasteiger partial charge in [0, 0.05) is 49.7 Å². The van der Waals surface area contributed by atoms with Gasteiger partial charge >= 0.3 is 6.03 Å². The van der Waals surface area contributed by atoms with Crippen LogP contribution in [0.15, 0.2) is 42.5 Å². The first kappa shape index (κ1) is 19.5. The van der Waals surface area contributed by atoms with E-state index in [-0.39, 0.29) is 12.2 Å². The molecule has 0 saturated carbocycles. The van der Waals surface area contributed by atoms with E-state index in [0.29, 0.717) is 38.3 Å². The predicted molar refractivity (Wildman–Crippen MR) is 98.6 cm³/mol. The molecule has 2 aromatic rings. The van der Waals surface area contributed by atoms with E-state index in [1.807, 2.05) is 30.3 Å². The molecule has 0 radical (unpaired) electrons. The van der Waals surface area contributed by atoms with Gasteiger partial charge in [0.1, 0.15) is 0 Å². The summed E-state index contributed by atoms with van der Waals surface area (Å²) >= 11 is 0. The standard InChI is InChI=1S/C19H19F3N4O2/c20-15-10-13(11-16(21)18(15)22)24-17(27)12-23-19(28)26-8-6-25(7-9-26)14-4-2-1-3-5-14/h1-5,10-11H,6-9,12H2,(H,23,28)(H,24,27). The Morgan fingerprint density at radius 3 is 2.14 bits per heavy atom. The molecule has 6 nitrogen and oxygen atoms in total. The van der Waals surface area contributed by atoms with E-state index in [1.54, 1.807) is 4.90 Å². The zero-order valence-electron chi connectivity index (χ0n) is 14.9. The summed E-state index contributed by atoms with van der Waals surface area (Å²) in [6.45, 7) is 1.95. The highest BCUT2D eigenvalue weighted by atomic mass is 19.2. The predicted octanol–water partition coefficient (Wildman–Crippen LogP) is 2.57. The number of hydrogen-bond acceptors (Lipinski definition) is 3. The van der Waals surface area contributed by atoms with E-state index in [4.69, 9.17) is 0 Å². The lowest BCUT2D eigenvalue weighted by Gasteiger charge is -2.36. The number of amides is 3. The van der Waals surface area contributed by atoms with Crippen molar-refractivity contribution in [1.82, 2.24) is 10.2 Å². The largest absolute Gasteiger partial charge is 0.368 e. The fourth-order valence-corrected chi connectivity index (χ4v) is 2.91. The number of carbonyl (C=O) groups is 2. The summed E-state index contributed by atoms with van der Waals surface area (Å²) in [5, 5.41) is 4.67. The molecule has 0 aliphatic carbocycles. The fourth-order valence-electron chi connectivity index (χ4n) is 2.91. The van der Waals surface area contributed by atoms with Gasteiger partial charge in [0.05, 0.1) is 6.54 Å². The second kappa shape index (κ2) is 8.64. The van der Waals surface area contributed by atoms with Crippen LogP contribution in [-0.2, 0) is 4.79 Å². The van der Waals surface area contributed by atoms with E-state index in [9.17, 15) is 22.8 Å². The molecule has 0 unspecified atom stereocenters. The molecule has 2 N–H and O–H groups in total. The highest BCUT2D eigenvalue weighted by molar-refractivity contribution is 5.94. The SMILES string of the molecule is O=C(CNC(=O)N1CCN(c2ccccc2)CC1)Nc1cc(F)c(F)c(F)c1. The summed E-state index contributed by atoms with van der Waals surface area (Å²) in [4.78, 5) is 27.8. The number of carbonyl (C=O) groups excluding carboxylic acids is 2. The van der Waals surface area contributed by atoms with Gasteiger partial charge in [-0.3, -0.25) is 4.79 Å². The molecule has 0 spiro atoms. The molecule has 9 heteroatoms. The number of halogens is 3. The molecule has 3 amide bonds. The second-order valence-electron chi connectivity index (χ2n) is 6.27. The topological polar surface area (TPSA) is 64.7 Å². The van der Waals surface area contributed by atoms with E-state index >= 15 is 0 Å². The van der Waals surface area contributed by atoms with Crippen LogP contribution in [0, 0.1) is 17.5 Å². The van der Waals surface area contributed by atoms with Gasteiger partial charge in [-0.05, 0) is 12.1 Å². The Kier molecular flexibility index (Phi) is 6.03. The number of hydrogen-bond donors (Lipinski definition) is 2. The van der Waals surface area contributed by atoms with Crippen molar-refractivity contribution in [2.45, 2.75) is 0 Å². The Morgan fingerprint density at radius 1 is 0.929 bits per heavy atom. The van der Waals surface area contributed by atoms with Crippen molar-refractivity contribution in [3.8, 4) is 0 Å². The third-order valence-electron chi connectivity index (χ3n) is 4.36. The first-order valence-electron chi connectivity index (χ1n) is 8.71. The van der Waals surface area contributed by atoms with Gasteiger partial charge in [0.2, 0.25) is 5.91 Å². The van der Waals surface area contributed by atoms with Crippen LogP contribution in [0.3, 0.4) is 0 Å². The number of nitrogens with one attached hydrogen (secondary N) is 2. The lowest BCUT2D eigenvalue weighted by atomic mass is 10.2. The van der Waals surface area contributed by atoms with Gasteiger partial charge in [0.25, 0.3) is 0 Å². The van der Waals surface area contributed by atoms with E-state index < -0.39 is 29.4 Å². The molecule has 2 aromatic carbocycles. The maximum absolute atomic E-state index is 13.2.